The Hall–Kier alpha value is -2.03. The third kappa shape index (κ3) is 5.27. The van der Waals surface area contributed by atoms with E-state index in [1.807, 2.05) is 54.9 Å². The van der Waals surface area contributed by atoms with E-state index in [0.29, 0.717) is 21.8 Å². The molecule has 2 aromatic carbocycles. The van der Waals surface area contributed by atoms with E-state index >= 15 is 0 Å². The van der Waals surface area contributed by atoms with Crippen LogP contribution in [0, 0.1) is 0 Å². The number of ether oxygens (including phenoxy) is 1. The Morgan fingerprint density at radius 2 is 1.96 bits per heavy atom. The quantitative estimate of drug-likeness (QED) is 0.475. The Morgan fingerprint density at radius 1 is 1.25 bits per heavy atom. The standard InChI is InChI=1S/C19H18BrClN4O2S/c1-12(27-16-6-4-3-5-15(16)21)18-23-24-19(25(18)2)28-11-17(26)22-14-9-7-13(20)8-10-14/h3-10,12H,11H2,1-2H3,(H,22,26). The zero-order valence-corrected chi connectivity index (χ0v) is 18.4. The predicted octanol–water partition coefficient (Wildman–Crippen LogP) is 5.10. The Kier molecular flexibility index (Phi) is 6.98. The van der Waals surface area contributed by atoms with Gasteiger partial charge >= 0.3 is 0 Å². The van der Waals surface area contributed by atoms with Crippen molar-refractivity contribution >= 4 is 50.9 Å². The Balaban J connectivity index is 1.58. The molecule has 1 heterocycles. The van der Waals surface area contributed by atoms with Gasteiger partial charge in [-0.05, 0) is 43.3 Å². The molecular weight excluding hydrogens is 464 g/mol. The molecule has 0 spiro atoms. The van der Waals surface area contributed by atoms with Crippen LogP contribution in [0.25, 0.3) is 0 Å². The minimum atomic E-state index is -0.344. The monoisotopic (exact) mass is 480 g/mol. The van der Waals surface area contributed by atoms with Gasteiger partial charge in [-0.25, -0.2) is 0 Å². The van der Waals surface area contributed by atoms with Crippen molar-refractivity contribution in [2.45, 2.75) is 18.2 Å². The molecule has 28 heavy (non-hydrogen) atoms. The van der Waals surface area contributed by atoms with Crippen molar-refractivity contribution in [2.24, 2.45) is 7.05 Å². The molecule has 0 aliphatic carbocycles. The van der Waals surface area contributed by atoms with E-state index < -0.39 is 0 Å². The van der Waals surface area contributed by atoms with Crippen LogP contribution in [-0.2, 0) is 11.8 Å². The molecule has 0 bridgehead atoms. The van der Waals surface area contributed by atoms with Crippen molar-refractivity contribution in [1.29, 1.82) is 0 Å². The van der Waals surface area contributed by atoms with Gasteiger partial charge in [-0.3, -0.25) is 4.79 Å². The zero-order valence-electron chi connectivity index (χ0n) is 15.2. The molecule has 3 aromatic rings. The molecule has 6 nitrogen and oxygen atoms in total. The second-order valence-electron chi connectivity index (χ2n) is 5.93. The largest absolute Gasteiger partial charge is 0.481 e. The number of benzene rings is 2. The van der Waals surface area contributed by atoms with Crippen molar-refractivity contribution in [1.82, 2.24) is 14.8 Å². The van der Waals surface area contributed by atoms with Gasteiger partial charge in [0.25, 0.3) is 0 Å². The van der Waals surface area contributed by atoms with E-state index in [9.17, 15) is 4.79 Å². The Labute approximate surface area is 180 Å². The minimum absolute atomic E-state index is 0.114. The van der Waals surface area contributed by atoms with Crippen LogP contribution in [0.4, 0.5) is 5.69 Å². The van der Waals surface area contributed by atoms with Crippen molar-refractivity contribution in [3.63, 3.8) is 0 Å². The van der Waals surface area contributed by atoms with E-state index in [4.69, 9.17) is 16.3 Å². The summed E-state index contributed by atoms with van der Waals surface area (Å²) in [5, 5.41) is 12.4. The number of para-hydroxylation sites is 1. The average molecular weight is 482 g/mol. The summed E-state index contributed by atoms with van der Waals surface area (Å²) in [6.45, 7) is 1.88. The number of nitrogens with one attached hydrogen (secondary N) is 1. The number of hydrogen-bond acceptors (Lipinski definition) is 5. The maximum Gasteiger partial charge on any atom is 0.234 e. The highest BCUT2D eigenvalue weighted by Crippen LogP contribution is 2.29. The molecular formula is C19H18BrClN4O2S. The van der Waals surface area contributed by atoms with Crippen LogP contribution in [0.3, 0.4) is 0 Å². The fourth-order valence-corrected chi connectivity index (χ4v) is 3.61. The van der Waals surface area contributed by atoms with Gasteiger partial charge in [0, 0.05) is 17.2 Å². The van der Waals surface area contributed by atoms with E-state index in [2.05, 4.69) is 31.4 Å². The fourth-order valence-electron chi connectivity index (χ4n) is 2.45. The smallest absolute Gasteiger partial charge is 0.234 e. The van der Waals surface area contributed by atoms with Crippen LogP contribution in [0.2, 0.25) is 5.02 Å². The lowest BCUT2D eigenvalue weighted by molar-refractivity contribution is -0.113. The first kappa shape index (κ1) is 20.7. The molecule has 1 unspecified atom stereocenters. The van der Waals surface area contributed by atoms with E-state index in [1.165, 1.54) is 11.8 Å². The average Bonchev–Trinajstić information content (AvgIpc) is 3.04. The highest BCUT2D eigenvalue weighted by molar-refractivity contribution is 9.10. The Bertz CT molecular complexity index is 965. The lowest BCUT2D eigenvalue weighted by Gasteiger charge is -2.15. The molecule has 0 aliphatic rings. The van der Waals surface area contributed by atoms with Crippen molar-refractivity contribution < 1.29 is 9.53 Å². The molecule has 9 heteroatoms. The summed E-state index contributed by atoms with van der Waals surface area (Å²) < 4.78 is 8.67. The van der Waals surface area contributed by atoms with Crippen LogP contribution in [0.1, 0.15) is 18.9 Å². The van der Waals surface area contributed by atoms with Gasteiger partial charge in [0.1, 0.15) is 5.75 Å². The molecule has 1 N–H and O–H groups in total. The van der Waals surface area contributed by atoms with Gasteiger partial charge in [-0.1, -0.05) is 51.4 Å². The zero-order chi connectivity index (χ0) is 20.1. The Morgan fingerprint density at radius 3 is 2.68 bits per heavy atom. The summed E-state index contributed by atoms with van der Waals surface area (Å²) in [7, 11) is 1.84. The number of aromatic nitrogens is 3. The van der Waals surface area contributed by atoms with Gasteiger partial charge in [-0.15, -0.1) is 10.2 Å². The van der Waals surface area contributed by atoms with Gasteiger partial charge in [0.2, 0.25) is 5.91 Å². The maximum absolute atomic E-state index is 12.2. The number of amides is 1. The topological polar surface area (TPSA) is 69.0 Å². The summed E-state index contributed by atoms with van der Waals surface area (Å²) in [4.78, 5) is 12.2. The van der Waals surface area contributed by atoms with Crippen molar-refractivity contribution in [2.75, 3.05) is 11.1 Å². The van der Waals surface area contributed by atoms with Gasteiger partial charge < -0.3 is 14.6 Å². The van der Waals surface area contributed by atoms with E-state index in [-0.39, 0.29) is 17.8 Å². The summed E-state index contributed by atoms with van der Waals surface area (Å²) >= 11 is 10.8. The number of thioether (sulfide) groups is 1. The number of rotatable bonds is 7. The first-order valence-corrected chi connectivity index (χ1v) is 10.6. The van der Waals surface area contributed by atoms with Crippen molar-refractivity contribution in [3.05, 3.63) is 63.9 Å². The highest BCUT2D eigenvalue weighted by atomic mass is 79.9. The third-order valence-corrected chi connectivity index (χ3v) is 5.69. The van der Waals surface area contributed by atoms with Crippen LogP contribution >= 0.6 is 39.3 Å². The summed E-state index contributed by atoms with van der Waals surface area (Å²) in [6, 6.07) is 14.7. The second kappa shape index (κ2) is 9.45. The molecule has 1 aromatic heterocycles. The molecule has 146 valence electrons. The van der Waals surface area contributed by atoms with Gasteiger partial charge in [0.05, 0.1) is 10.8 Å². The lowest BCUT2D eigenvalue weighted by Crippen LogP contribution is -2.14. The summed E-state index contributed by atoms with van der Waals surface area (Å²) in [5.41, 5.74) is 0.745. The molecule has 0 aliphatic heterocycles. The molecule has 0 fully saturated rings. The molecule has 3 rings (SSSR count). The number of halogens is 2. The normalized spacial score (nSPS) is 11.9. The van der Waals surface area contributed by atoms with Gasteiger partial charge in [-0.2, -0.15) is 0 Å². The van der Waals surface area contributed by atoms with E-state index in [1.54, 1.807) is 12.1 Å². The van der Waals surface area contributed by atoms with E-state index in [0.717, 1.165) is 10.2 Å². The molecule has 1 atom stereocenters. The highest BCUT2D eigenvalue weighted by Gasteiger charge is 2.18. The number of anilines is 1. The number of hydrogen-bond donors (Lipinski definition) is 1. The first-order valence-electron chi connectivity index (χ1n) is 8.42. The van der Waals surface area contributed by atoms with Crippen LogP contribution < -0.4 is 10.1 Å². The summed E-state index contributed by atoms with van der Waals surface area (Å²) in [5.74, 6) is 1.35. The van der Waals surface area contributed by atoms with Crippen LogP contribution in [0.15, 0.2) is 58.2 Å². The fraction of sp³-hybridized carbons (Fsp3) is 0.211. The SMILES string of the molecule is CC(Oc1ccccc1Cl)c1nnc(SCC(=O)Nc2ccc(Br)cc2)n1C. The lowest BCUT2D eigenvalue weighted by atomic mass is 10.3. The maximum atomic E-state index is 12.2. The molecule has 0 saturated heterocycles. The van der Waals surface area contributed by atoms with Crippen LogP contribution in [0.5, 0.6) is 5.75 Å². The van der Waals surface area contributed by atoms with Gasteiger partial charge in [0.15, 0.2) is 17.1 Å². The molecule has 0 saturated carbocycles. The second-order valence-corrected chi connectivity index (χ2v) is 8.20. The van der Waals surface area contributed by atoms with Crippen LogP contribution in [-0.4, -0.2) is 26.4 Å². The number of carbonyl (C=O) groups excluding carboxylic acids is 1. The minimum Gasteiger partial charge on any atom is -0.481 e. The predicted molar refractivity (Wildman–Crippen MR) is 115 cm³/mol. The number of carbonyl (C=O) groups is 1. The molecule has 1 amide bonds. The summed E-state index contributed by atoms with van der Waals surface area (Å²) in [6.07, 6.45) is -0.344. The number of nitrogens with zero attached hydrogens (tertiary/aromatic N) is 3. The molecule has 0 radical (unpaired) electrons. The third-order valence-electron chi connectivity index (χ3n) is 3.83. The van der Waals surface area contributed by atoms with Crippen molar-refractivity contribution in [3.8, 4) is 5.75 Å². The first-order chi connectivity index (χ1) is 13.4.